The van der Waals surface area contributed by atoms with Crippen molar-refractivity contribution in [2.45, 2.75) is 11.8 Å². The van der Waals surface area contributed by atoms with Crippen molar-refractivity contribution < 1.29 is 13.2 Å². The third kappa shape index (κ3) is 3.95. The number of hydrogen-bond acceptors (Lipinski definition) is 5. The monoisotopic (exact) mass is 382 g/mol. The van der Waals surface area contributed by atoms with E-state index in [0.717, 1.165) is 0 Å². The lowest BCUT2D eigenvalue weighted by Crippen LogP contribution is -2.31. The summed E-state index contributed by atoms with van der Waals surface area (Å²) >= 11 is 0. The zero-order chi connectivity index (χ0) is 19.3. The van der Waals surface area contributed by atoms with Crippen LogP contribution in [0.1, 0.15) is 17.4 Å². The molecule has 1 heterocycles. The van der Waals surface area contributed by atoms with Crippen molar-refractivity contribution in [3.8, 4) is 0 Å². The number of carbonyl (C=O) groups is 1. The van der Waals surface area contributed by atoms with E-state index >= 15 is 0 Å². The molecule has 0 unspecified atom stereocenters. The third-order valence-electron chi connectivity index (χ3n) is 3.83. The fraction of sp³-hybridized carbons (Fsp3) is 0.105. The average Bonchev–Trinajstić information content (AvgIpc) is 2.70. The molecular formula is C19H18N4O3S. The Morgan fingerprint density at radius 2 is 1.74 bits per heavy atom. The standard InChI is InChI=1S/C19H18N4O3S/c1-2-23(15-8-4-3-5-9-15)27(25,26)18-11-7-6-10-16(18)22-19(24)17-14-20-12-13-21-17/h3-14H,2H2,1H3,(H,22,24). The molecule has 1 N–H and O–H groups in total. The van der Waals surface area contributed by atoms with Gasteiger partial charge in [-0.25, -0.2) is 13.4 Å². The molecule has 0 atom stereocenters. The van der Waals surface area contributed by atoms with Gasteiger partial charge in [-0.3, -0.25) is 14.1 Å². The number of sulfonamides is 1. The van der Waals surface area contributed by atoms with Crippen molar-refractivity contribution in [2.24, 2.45) is 0 Å². The molecule has 0 saturated heterocycles. The Morgan fingerprint density at radius 1 is 1.04 bits per heavy atom. The third-order valence-corrected chi connectivity index (χ3v) is 5.79. The molecule has 0 bridgehead atoms. The molecule has 0 saturated carbocycles. The molecule has 3 aromatic rings. The molecule has 1 aromatic heterocycles. The van der Waals surface area contributed by atoms with Crippen LogP contribution in [0.2, 0.25) is 0 Å². The van der Waals surface area contributed by atoms with Gasteiger partial charge in [0.15, 0.2) is 0 Å². The molecule has 7 nitrogen and oxygen atoms in total. The normalized spacial score (nSPS) is 11.0. The van der Waals surface area contributed by atoms with Crippen LogP contribution in [-0.2, 0) is 10.0 Å². The first-order valence-electron chi connectivity index (χ1n) is 8.28. The molecular weight excluding hydrogens is 364 g/mol. The zero-order valence-corrected chi connectivity index (χ0v) is 15.4. The highest BCUT2D eigenvalue weighted by molar-refractivity contribution is 7.93. The van der Waals surface area contributed by atoms with Crippen LogP contribution in [0.5, 0.6) is 0 Å². The van der Waals surface area contributed by atoms with Crippen LogP contribution in [0.15, 0.2) is 78.1 Å². The molecule has 0 radical (unpaired) electrons. The quantitative estimate of drug-likeness (QED) is 0.708. The van der Waals surface area contributed by atoms with Gasteiger partial charge in [0.2, 0.25) is 0 Å². The van der Waals surface area contributed by atoms with E-state index in [4.69, 9.17) is 0 Å². The summed E-state index contributed by atoms with van der Waals surface area (Å²) in [6.07, 6.45) is 4.16. The van der Waals surface area contributed by atoms with Gasteiger partial charge < -0.3 is 5.32 Å². The minimum atomic E-state index is -3.88. The van der Waals surface area contributed by atoms with Gasteiger partial charge in [0, 0.05) is 18.9 Å². The van der Waals surface area contributed by atoms with E-state index in [0.29, 0.717) is 5.69 Å². The molecule has 3 rings (SSSR count). The molecule has 138 valence electrons. The Kier molecular flexibility index (Phi) is 5.46. The Bertz CT molecular complexity index is 1030. The van der Waals surface area contributed by atoms with Crippen molar-refractivity contribution in [3.05, 3.63) is 78.9 Å². The molecule has 0 spiro atoms. The minimum Gasteiger partial charge on any atom is -0.319 e. The van der Waals surface area contributed by atoms with Crippen molar-refractivity contribution >= 4 is 27.3 Å². The number of rotatable bonds is 6. The fourth-order valence-corrected chi connectivity index (χ4v) is 4.23. The summed E-state index contributed by atoms with van der Waals surface area (Å²) in [5.74, 6) is -0.534. The van der Waals surface area contributed by atoms with Crippen molar-refractivity contribution in [1.29, 1.82) is 0 Å². The van der Waals surface area contributed by atoms with Gasteiger partial charge >= 0.3 is 0 Å². The van der Waals surface area contributed by atoms with Crippen LogP contribution < -0.4 is 9.62 Å². The van der Waals surface area contributed by atoms with Crippen LogP contribution in [0.4, 0.5) is 11.4 Å². The predicted octanol–water partition coefficient (Wildman–Crippen LogP) is 2.94. The number of anilines is 2. The molecule has 1 amide bonds. The second-order valence-electron chi connectivity index (χ2n) is 5.55. The maximum Gasteiger partial charge on any atom is 0.275 e. The molecule has 27 heavy (non-hydrogen) atoms. The average molecular weight is 382 g/mol. The summed E-state index contributed by atoms with van der Waals surface area (Å²) < 4.78 is 27.8. The molecule has 0 aliphatic carbocycles. The summed E-state index contributed by atoms with van der Waals surface area (Å²) in [6, 6.07) is 15.1. The van der Waals surface area contributed by atoms with Gasteiger partial charge in [0.05, 0.1) is 17.6 Å². The Balaban J connectivity index is 1.98. The predicted molar refractivity (Wildman–Crippen MR) is 103 cm³/mol. The summed E-state index contributed by atoms with van der Waals surface area (Å²) in [7, 11) is -3.88. The number of aromatic nitrogens is 2. The molecule has 0 aliphatic rings. The van der Waals surface area contributed by atoms with Crippen molar-refractivity contribution in [3.63, 3.8) is 0 Å². The van der Waals surface area contributed by atoms with Crippen molar-refractivity contribution in [1.82, 2.24) is 9.97 Å². The van der Waals surface area contributed by atoms with Gasteiger partial charge in [-0.1, -0.05) is 30.3 Å². The van der Waals surface area contributed by atoms with E-state index in [1.165, 1.54) is 29.0 Å². The van der Waals surface area contributed by atoms with E-state index in [1.807, 2.05) is 6.07 Å². The molecule has 0 aliphatic heterocycles. The number of amides is 1. The van der Waals surface area contributed by atoms with Gasteiger partial charge in [0.1, 0.15) is 10.6 Å². The number of nitrogens with zero attached hydrogens (tertiary/aromatic N) is 3. The largest absolute Gasteiger partial charge is 0.319 e. The highest BCUT2D eigenvalue weighted by Gasteiger charge is 2.27. The van der Waals surface area contributed by atoms with E-state index in [2.05, 4.69) is 15.3 Å². The number of nitrogens with one attached hydrogen (secondary N) is 1. The minimum absolute atomic E-state index is 0.00735. The second-order valence-corrected chi connectivity index (χ2v) is 7.38. The summed E-state index contributed by atoms with van der Waals surface area (Å²) in [6.45, 7) is 2.00. The summed E-state index contributed by atoms with van der Waals surface area (Å²) in [5, 5.41) is 2.62. The van der Waals surface area contributed by atoms with Gasteiger partial charge in [-0.2, -0.15) is 0 Å². The lowest BCUT2D eigenvalue weighted by atomic mass is 10.3. The molecule has 2 aromatic carbocycles. The smallest absolute Gasteiger partial charge is 0.275 e. The number of hydrogen-bond donors (Lipinski definition) is 1. The summed E-state index contributed by atoms with van der Waals surface area (Å²) in [5.41, 5.74) is 0.831. The first-order chi connectivity index (χ1) is 13.0. The van der Waals surface area contributed by atoms with Crippen LogP contribution >= 0.6 is 0 Å². The Hall–Kier alpha value is -3.26. The first-order valence-corrected chi connectivity index (χ1v) is 9.72. The number of para-hydroxylation sites is 2. The van der Waals surface area contributed by atoms with Crippen LogP contribution in [-0.4, -0.2) is 30.8 Å². The van der Waals surface area contributed by atoms with E-state index in [1.54, 1.807) is 49.4 Å². The summed E-state index contributed by atoms with van der Waals surface area (Å²) in [4.78, 5) is 20.2. The molecule has 0 fully saturated rings. The van der Waals surface area contributed by atoms with Gasteiger partial charge in [0.25, 0.3) is 15.9 Å². The Labute approximate surface area is 157 Å². The number of carbonyl (C=O) groups excluding carboxylic acids is 1. The van der Waals surface area contributed by atoms with Crippen LogP contribution in [0.25, 0.3) is 0 Å². The van der Waals surface area contributed by atoms with Crippen LogP contribution in [0, 0.1) is 0 Å². The van der Waals surface area contributed by atoms with Gasteiger partial charge in [-0.05, 0) is 31.2 Å². The Morgan fingerprint density at radius 3 is 2.41 bits per heavy atom. The highest BCUT2D eigenvalue weighted by Crippen LogP contribution is 2.28. The second kappa shape index (κ2) is 7.96. The number of benzene rings is 2. The SMILES string of the molecule is CCN(c1ccccc1)S(=O)(=O)c1ccccc1NC(=O)c1cnccn1. The fourth-order valence-electron chi connectivity index (χ4n) is 2.60. The highest BCUT2D eigenvalue weighted by atomic mass is 32.2. The van der Waals surface area contributed by atoms with Crippen molar-refractivity contribution in [2.75, 3.05) is 16.2 Å². The maximum absolute atomic E-state index is 13.2. The van der Waals surface area contributed by atoms with E-state index in [-0.39, 0.29) is 22.8 Å². The van der Waals surface area contributed by atoms with Crippen LogP contribution in [0.3, 0.4) is 0 Å². The molecule has 8 heteroatoms. The topological polar surface area (TPSA) is 92.3 Å². The maximum atomic E-state index is 13.2. The van der Waals surface area contributed by atoms with E-state index < -0.39 is 15.9 Å². The zero-order valence-electron chi connectivity index (χ0n) is 14.6. The van der Waals surface area contributed by atoms with E-state index in [9.17, 15) is 13.2 Å². The first kappa shape index (κ1) is 18.5. The van der Waals surface area contributed by atoms with Gasteiger partial charge in [-0.15, -0.1) is 0 Å². The lowest BCUT2D eigenvalue weighted by Gasteiger charge is -2.24. The lowest BCUT2D eigenvalue weighted by molar-refractivity contribution is 0.102.